The molecule has 1 aromatic carbocycles. The van der Waals surface area contributed by atoms with E-state index in [1.807, 2.05) is 52.8 Å². The maximum absolute atomic E-state index is 11.9. The molecule has 114 valence electrons. The van der Waals surface area contributed by atoms with Crippen LogP contribution in [0.15, 0.2) is 18.2 Å². The van der Waals surface area contributed by atoms with Crippen molar-refractivity contribution in [1.29, 1.82) is 0 Å². The lowest BCUT2D eigenvalue weighted by Crippen LogP contribution is -2.25. The number of carbonyl (C=O) groups is 1. The standard InChI is InChI=1S/C11H13N3O2.2C2H6.H2/c1-7-4-5-9-8(6-7)10(13-12-9)11(15)14(2)16-3;2*1-2;/h4-6H,1-3H3,(H,12,13);2*1-2H3;1H. The number of aromatic nitrogens is 2. The second-order valence-electron chi connectivity index (χ2n) is 3.61. The van der Waals surface area contributed by atoms with E-state index in [4.69, 9.17) is 4.84 Å². The van der Waals surface area contributed by atoms with E-state index in [1.54, 1.807) is 7.05 Å². The summed E-state index contributed by atoms with van der Waals surface area (Å²) in [6, 6.07) is 5.80. The molecule has 0 bridgehead atoms. The number of hydrogen-bond acceptors (Lipinski definition) is 3. The van der Waals surface area contributed by atoms with Gasteiger partial charge in [0, 0.05) is 13.9 Å². The van der Waals surface area contributed by atoms with E-state index < -0.39 is 0 Å². The van der Waals surface area contributed by atoms with Crippen molar-refractivity contribution in [1.82, 2.24) is 15.3 Å². The summed E-state index contributed by atoms with van der Waals surface area (Å²) in [5.41, 5.74) is 2.31. The number of aryl methyl sites for hydroxylation is 1. The van der Waals surface area contributed by atoms with Crippen molar-refractivity contribution in [3.05, 3.63) is 29.5 Å². The summed E-state index contributed by atoms with van der Waals surface area (Å²) in [6.45, 7) is 9.97. The molecule has 5 nitrogen and oxygen atoms in total. The normalized spacial score (nSPS) is 9.15. The van der Waals surface area contributed by atoms with Gasteiger partial charge in [0.25, 0.3) is 5.91 Å². The zero-order valence-corrected chi connectivity index (χ0v) is 13.4. The number of H-pyrrole nitrogens is 1. The highest BCUT2D eigenvalue weighted by molar-refractivity contribution is 6.04. The minimum Gasteiger partial charge on any atom is -0.277 e. The predicted octanol–water partition coefficient (Wildman–Crippen LogP) is 3.80. The Balaban J connectivity index is 0. The third-order valence-electron chi connectivity index (χ3n) is 2.48. The van der Waals surface area contributed by atoms with Gasteiger partial charge in [-0.3, -0.25) is 14.7 Å². The van der Waals surface area contributed by atoms with Crippen LogP contribution in [0.3, 0.4) is 0 Å². The van der Waals surface area contributed by atoms with E-state index in [1.165, 1.54) is 7.11 Å². The molecule has 2 aromatic rings. The molecule has 0 aliphatic carbocycles. The molecule has 0 fully saturated rings. The smallest absolute Gasteiger partial charge is 0.277 e. The quantitative estimate of drug-likeness (QED) is 0.852. The first-order valence-corrected chi connectivity index (χ1v) is 6.90. The Labute approximate surface area is 122 Å². The number of nitrogens with one attached hydrogen (secondary N) is 1. The third-order valence-corrected chi connectivity index (χ3v) is 2.48. The maximum Gasteiger partial charge on any atom is 0.298 e. The number of hydroxylamine groups is 2. The number of rotatable bonds is 2. The Kier molecular flexibility index (Phi) is 8.24. The molecule has 0 saturated heterocycles. The Morgan fingerprint density at radius 2 is 1.90 bits per heavy atom. The molecular weight excluding hydrogens is 254 g/mol. The van der Waals surface area contributed by atoms with E-state index in [2.05, 4.69) is 10.2 Å². The molecule has 2 rings (SSSR count). The van der Waals surface area contributed by atoms with Crippen LogP contribution in [0, 0.1) is 6.92 Å². The van der Waals surface area contributed by atoms with Gasteiger partial charge in [-0.2, -0.15) is 5.10 Å². The fraction of sp³-hybridized carbons (Fsp3) is 0.467. The molecule has 0 aliphatic heterocycles. The molecule has 1 aromatic heterocycles. The van der Waals surface area contributed by atoms with Crippen molar-refractivity contribution >= 4 is 16.8 Å². The molecule has 0 saturated carbocycles. The Morgan fingerprint density at radius 3 is 2.45 bits per heavy atom. The lowest BCUT2D eigenvalue weighted by Gasteiger charge is -2.11. The van der Waals surface area contributed by atoms with Gasteiger partial charge in [-0.1, -0.05) is 39.3 Å². The predicted molar refractivity (Wildman–Crippen MR) is 84.7 cm³/mol. The summed E-state index contributed by atoms with van der Waals surface area (Å²) in [5, 5.41) is 8.80. The van der Waals surface area contributed by atoms with E-state index in [9.17, 15) is 4.79 Å². The highest BCUT2D eigenvalue weighted by atomic mass is 16.7. The van der Waals surface area contributed by atoms with Gasteiger partial charge in [0.15, 0.2) is 5.69 Å². The number of hydrogen-bond donors (Lipinski definition) is 1. The van der Waals surface area contributed by atoms with Crippen molar-refractivity contribution in [3.8, 4) is 0 Å². The first-order valence-electron chi connectivity index (χ1n) is 6.90. The summed E-state index contributed by atoms with van der Waals surface area (Å²) in [4.78, 5) is 16.7. The molecule has 0 radical (unpaired) electrons. The van der Waals surface area contributed by atoms with E-state index in [0.29, 0.717) is 5.69 Å². The topological polar surface area (TPSA) is 58.2 Å². The van der Waals surface area contributed by atoms with Crippen LogP contribution in [-0.4, -0.2) is 35.3 Å². The molecule has 5 heteroatoms. The highest BCUT2D eigenvalue weighted by Gasteiger charge is 2.17. The number of fused-ring (bicyclic) bond motifs is 1. The summed E-state index contributed by atoms with van der Waals surface area (Å²) >= 11 is 0. The van der Waals surface area contributed by atoms with Crippen molar-refractivity contribution < 1.29 is 11.1 Å². The molecule has 1 N–H and O–H groups in total. The second kappa shape index (κ2) is 9.09. The zero-order valence-electron chi connectivity index (χ0n) is 13.4. The van der Waals surface area contributed by atoms with Crippen LogP contribution in [0.2, 0.25) is 0 Å². The van der Waals surface area contributed by atoms with Crippen molar-refractivity contribution in [2.45, 2.75) is 34.6 Å². The van der Waals surface area contributed by atoms with Gasteiger partial charge in [0.1, 0.15) is 0 Å². The second-order valence-corrected chi connectivity index (χ2v) is 3.61. The molecule has 1 heterocycles. The van der Waals surface area contributed by atoms with Gasteiger partial charge in [-0.25, -0.2) is 5.06 Å². The number of carbonyl (C=O) groups excluding carboxylic acids is 1. The average molecular weight is 281 g/mol. The van der Waals surface area contributed by atoms with Gasteiger partial charge in [-0.05, 0) is 19.1 Å². The molecule has 0 spiro atoms. The number of amides is 1. The molecular formula is C15H27N3O2. The van der Waals surface area contributed by atoms with Crippen LogP contribution in [0.25, 0.3) is 10.9 Å². The lowest BCUT2D eigenvalue weighted by atomic mass is 10.1. The first-order chi connectivity index (χ1) is 9.63. The fourth-order valence-corrected chi connectivity index (χ4v) is 1.52. The van der Waals surface area contributed by atoms with Gasteiger partial charge in [-0.15, -0.1) is 0 Å². The third kappa shape index (κ3) is 4.06. The Bertz CT molecular complexity index is 541. The minimum atomic E-state index is -0.264. The minimum absolute atomic E-state index is 0. The summed E-state index contributed by atoms with van der Waals surface area (Å²) in [7, 11) is 3.00. The maximum atomic E-state index is 11.9. The molecule has 1 amide bonds. The van der Waals surface area contributed by atoms with Crippen molar-refractivity contribution in [2.75, 3.05) is 14.2 Å². The lowest BCUT2D eigenvalue weighted by molar-refractivity contribution is -0.0759. The van der Waals surface area contributed by atoms with E-state index in [0.717, 1.165) is 21.5 Å². The summed E-state index contributed by atoms with van der Waals surface area (Å²) in [5.74, 6) is -0.264. The van der Waals surface area contributed by atoms with Crippen LogP contribution < -0.4 is 0 Å². The first kappa shape index (κ1) is 18.1. The van der Waals surface area contributed by atoms with Crippen molar-refractivity contribution in [3.63, 3.8) is 0 Å². The molecule has 20 heavy (non-hydrogen) atoms. The molecule has 0 atom stereocenters. The Hall–Kier alpha value is -1.88. The monoisotopic (exact) mass is 281 g/mol. The van der Waals surface area contributed by atoms with E-state index in [-0.39, 0.29) is 7.33 Å². The number of nitrogens with zero attached hydrogens (tertiary/aromatic N) is 2. The van der Waals surface area contributed by atoms with Gasteiger partial charge in [0.05, 0.1) is 12.6 Å². The van der Waals surface area contributed by atoms with Gasteiger partial charge < -0.3 is 0 Å². The van der Waals surface area contributed by atoms with E-state index >= 15 is 0 Å². The largest absolute Gasteiger partial charge is 0.298 e. The average Bonchev–Trinajstić information content (AvgIpc) is 2.92. The molecule has 0 unspecified atom stereocenters. The summed E-state index contributed by atoms with van der Waals surface area (Å²) < 4.78 is 0. The number of aromatic amines is 1. The zero-order chi connectivity index (χ0) is 15.7. The van der Waals surface area contributed by atoms with Crippen molar-refractivity contribution in [2.24, 2.45) is 0 Å². The van der Waals surface area contributed by atoms with Crippen LogP contribution >= 0.6 is 0 Å². The Morgan fingerprint density at radius 1 is 1.30 bits per heavy atom. The van der Waals surface area contributed by atoms with Crippen LogP contribution in [0.5, 0.6) is 0 Å². The highest BCUT2D eigenvalue weighted by Crippen LogP contribution is 2.18. The molecule has 0 aliphatic rings. The van der Waals surface area contributed by atoms with Gasteiger partial charge >= 0.3 is 0 Å². The fourth-order valence-electron chi connectivity index (χ4n) is 1.52. The van der Waals surface area contributed by atoms with Crippen LogP contribution in [0.1, 0.15) is 45.2 Å². The summed E-state index contributed by atoms with van der Waals surface area (Å²) in [6.07, 6.45) is 0. The number of benzene rings is 1. The van der Waals surface area contributed by atoms with Crippen LogP contribution in [-0.2, 0) is 4.84 Å². The van der Waals surface area contributed by atoms with Gasteiger partial charge in [0.2, 0.25) is 0 Å². The SMILES string of the molecule is CC.CC.CON(C)C(=O)c1n[nH]c2ccc(C)cc12.[HH]. The van der Waals surface area contributed by atoms with Crippen LogP contribution in [0.4, 0.5) is 0 Å².